The highest BCUT2D eigenvalue weighted by atomic mass is 35.5. The summed E-state index contributed by atoms with van der Waals surface area (Å²) in [5, 5.41) is 0.775. The number of halogens is 1. The highest BCUT2D eigenvalue weighted by Gasteiger charge is 2.24. The molecule has 0 amide bonds. The molecule has 0 unspecified atom stereocenters. The molecule has 0 saturated carbocycles. The molecular formula is C23H26ClN2S+. The second-order valence-electron chi connectivity index (χ2n) is 7.28. The van der Waals surface area contributed by atoms with E-state index in [4.69, 9.17) is 11.6 Å². The Kier molecular flexibility index (Phi) is 5.63. The molecule has 2 aromatic carbocycles. The van der Waals surface area contributed by atoms with Crippen molar-refractivity contribution in [1.82, 2.24) is 9.47 Å². The number of aromatic nitrogens is 1. The van der Waals surface area contributed by atoms with E-state index in [1.54, 1.807) is 0 Å². The van der Waals surface area contributed by atoms with E-state index in [9.17, 15) is 0 Å². The molecule has 4 heteroatoms. The normalized spacial score (nSPS) is 16.0. The van der Waals surface area contributed by atoms with E-state index in [1.807, 2.05) is 12.1 Å². The van der Waals surface area contributed by atoms with Crippen LogP contribution < -0.4 is 0 Å². The van der Waals surface area contributed by atoms with Gasteiger partial charge in [0.05, 0.1) is 11.9 Å². The van der Waals surface area contributed by atoms with Crippen molar-refractivity contribution < 1.29 is 0 Å². The topological polar surface area (TPSA) is 8.17 Å². The van der Waals surface area contributed by atoms with Crippen molar-refractivity contribution in [1.29, 1.82) is 0 Å². The molecule has 1 aliphatic heterocycles. The van der Waals surface area contributed by atoms with Crippen molar-refractivity contribution in [3.05, 3.63) is 76.9 Å². The molecule has 2 heterocycles. The van der Waals surface area contributed by atoms with E-state index in [2.05, 4.69) is 71.2 Å². The summed E-state index contributed by atoms with van der Waals surface area (Å²) >= 11 is 6.12. The van der Waals surface area contributed by atoms with Gasteiger partial charge in [-0.25, -0.2) is 0 Å². The largest absolute Gasteiger partial charge is 0.314 e. The summed E-state index contributed by atoms with van der Waals surface area (Å²) in [7, 11) is 0.606. The first-order valence-electron chi connectivity index (χ1n) is 9.46. The molecule has 2 nitrogen and oxygen atoms in total. The average Bonchev–Trinajstić information content (AvgIpc) is 3.01. The van der Waals surface area contributed by atoms with Crippen LogP contribution in [0.25, 0.3) is 16.9 Å². The summed E-state index contributed by atoms with van der Waals surface area (Å²) in [6, 6.07) is 21.2. The predicted molar refractivity (Wildman–Crippen MR) is 119 cm³/mol. The molecule has 0 radical (unpaired) electrons. The zero-order valence-corrected chi connectivity index (χ0v) is 17.6. The molecule has 4 rings (SSSR count). The lowest BCUT2D eigenvalue weighted by atomic mass is 10.1. The molecule has 3 aromatic rings. The van der Waals surface area contributed by atoms with Crippen molar-refractivity contribution in [3.8, 4) is 16.9 Å². The fraction of sp³-hybridized carbons (Fsp3) is 0.304. The second kappa shape index (κ2) is 8.14. The maximum absolute atomic E-state index is 6.12. The lowest BCUT2D eigenvalue weighted by Crippen LogP contribution is -2.39. The molecule has 1 fully saturated rings. The quantitative estimate of drug-likeness (QED) is 0.551. The van der Waals surface area contributed by atoms with Gasteiger partial charge in [0.1, 0.15) is 11.5 Å². The first kappa shape index (κ1) is 18.7. The van der Waals surface area contributed by atoms with E-state index in [0.29, 0.717) is 10.9 Å². The monoisotopic (exact) mass is 397 g/mol. The van der Waals surface area contributed by atoms with Gasteiger partial charge in [0, 0.05) is 36.0 Å². The highest BCUT2D eigenvalue weighted by molar-refractivity contribution is 7.96. The van der Waals surface area contributed by atoms with Gasteiger partial charge in [-0.3, -0.25) is 4.90 Å². The van der Waals surface area contributed by atoms with Crippen LogP contribution in [-0.4, -0.2) is 40.3 Å². The summed E-state index contributed by atoms with van der Waals surface area (Å²) < 4.78 is 2.38. The Morgan fingerprint density at radius 3 is 2.30 bits per heavy atom. The molecule has 140 valence electrons. The highest BCUT2D eigenvalue weighted by Crippen LogP contribution is 2.31. The first-order chi connectivity index (χ1) is 13.1. The Hall–Kier alpha value is -1.68. The average molecular weight is 398 g/mol. The third-order valence-corrected chi connectivity index (χ3v) is 7.42. The van der Waals surface area contributed by atoms with Crippen LogP contribution in [0.5, 0.6) is 0 Å². The van der Waals surface area contributed by atoms with E-state index in [-0.39, 0.29) is 0 Å². The van der Waals surface area contributed by atoms with Gasteiger partial charge in [0.25, 0.3) is 0 Å². The van der Waals surface area contributed by atoms with Crippen molar-refractivity contribution in [2.24, 2.45) is 0 Å². The molecule has 0 atom stereocenters. The minimum Gasteiger partial charge on any atom is -0.314 e. The van der Waals surface area contributed by atoms with E-state index in [0.717, 1.165) is 11.6 Å². The first-order valence-corrected chi connectivity index (χ1v) is 11.8. The summed E-state index contributed by atoms with van der Waals surface area (Å²) in [4.78, 5) is 2.61. The lowest BCUT2D eigenvalue weighted by Gasteiger charge is -2.25. The molecule has 1 aliphatic rings. The van der Waals surface area contributed by atoms with Gasteiger partial charge in [-0.05, 0) is 59.3 Å². The van der Waals surface area contributed by atoms with E-state index in [1.165, 1.54) is 52.8 Å². The number of nitrogens with zero attached hydrogens (tertiary/aromatic N) is 2. The number of benzene rings is 2. The standard InChI is InChI=1S/C23H26ClN2S/c1-18-20(17-25-12-14-27(2)15-13-25)16-23(19-8-10-21(24)11-9-19)26(18)22-6-4-3-5-7-22/h3-11,16H,12-15,17H2,1-2H3/q+1. The van der Waals surface area contributed by atoms with Crippen LogP contribution in [0.3, 0.4) is 0 Å². The van der Waals surface area contributed by atoms with Crippen molar-refractivity contribution >= 4 is 22.5 Å². The lowest BCUT2D eigenvalue weighted by molar-refractivity contribution is 0.292. The maximum atomic E-state index is 6.12. The van der Waals surface area contributed by atoms with Gasteiger partial charge >= 0.3 is 0 Å². The van der Waals surface area contributed by atoms with Crippen LogP contribution in [-0.2, 0) is 17.4 Å². The molecule has 0 N–H and O–H groups in total. The molecule has 0 aliphatic carbocycles. The second-order valence-corrected chi connectivity index (χ2v) is 10.1. The minimum atomic E-state index is 0.606. The zero-order valence-electron chi connectivity index (χ0n) is 16.0. The van der Waals surface area contributed by atoms with Crippen molar-refractivity contribution in [2.45, 2.75) is 13.5 Å². The summed E-state index contributed by atoms with van der Waals surface area (Å²) in [5.41, 5.74) is 6.39. The van der Waals surface area contributed by atoms with Crippen LogP contribution in [0.2, 0.25) is 5.02 Å². The molecule has 0 spiro atoms. The van der Waals surface area contributed by atoms with Crippen LogP contribution >= 0.6 is 11.6 Å². The number of rotatable bonds is 4. The van der Waals surface area contributed by atoms with Crippen LogP contribution in [0.4, 0.5) is 0 Å². The predicted octanol–water partition coefficient (Wildman–Crippen LogP) is 5.17. The number of hydrogen-bond acceptors (Lipinski definition) is 1. The molecule has 27 heavy (non-hydrogen) atoms. The zero-order chi connectivity index (χ0) is 18.8. The maximum Gasteiger partial charge on any atom is 0.120 e. The Balaban J connectivity index is 1.74. The number of hydrogen-bond donors (Lipinski definition) is 0. The van der Waals surface area contributed by atoms with Crippen molar-refractivity contribution in [2.75, 3.05) is 30.9 Å². The fourth-order valence-electron chi connectivity index (χ4n) is 3.74. The van der Waals surface area contributed by atoms with Gasteiger partial charge in [-0.1, -0.05) is 41.9 Å². The third kappa shape index (κ3) is 4.11. The Morgan fingerprint density at radius 1 is 0.963 bits per heavy atom. The van der Waals surface area contributed by atoms with Gasteiger partial charge in [-0.15, -0.1) is 0 Å². The number of para-hydroxylation sites is 1. The third-order valence-electron chi connectivity index (χ3n) is 5.41. The van der Waals surface area contributed by atoms with Crippen LogP contribution in [0, 0.1) is 6.92 Å². The van der Waals surface area contributed by atoms with Crippen molar-refractivity contribution in [3.63, 3.8) is 0 Å². The molecule has 1 aromatic heterocycles. The summed E-state index contributed by atoms with van der Waals surface area (Å²) in [5.74, 6) is 2.67. The van der Waals surface area contributed by atoms with Gasteiger partial charge < -0.3 is 4.57 Å². The molecule has 1 saturated heterocycles. The van der Waals surface area contributed by atoms with Gasteiger partial charge in [-0.2, -0.15) is 0 Å². The van der Waals surface area contributed by atoms with Crippen LogP contribution in [0.1, 0.15) is 11.3 Å². The Bertz CT molecular complexity index is 894. The minimum absolute atomic E-state index is 0.606. The smallest absolute Gasteiger partial charge is 0.120 e. The summed E-state index contributed by atoms with van der Waals surface area (Å²) in [6.07, 6.45) is 2.40. The van der Waals surface area contributed by atoms with Gasteiger partial charge in [0.15, 0.2) is 0 Å². The Morgan fingerprint density at radius 2 is 1.63 bits per heavy atom. The fourth-order valence-corrected chi connectivity index (χ4v) is 5.21. The SMILES string of the molecule is Cc1c(CN2CC[S+](C)CC2)cc(-c2ccc(Cl)cc2)n1-c1ccccc1. The molecule has 0 bridgehead atoms. The van der Waals surface area contributed by atoms with E-state index < -0.39 is 0 Å². The summed E-state index contributed by atoms with van der Waals surface area (Å²) in [6.45, 7) is 5.71. The van der Waals surface area contributed by atoms with E-state index >= 15 is 0 Å². The molecular weight excluding hydrogens is 372 g/mol. The van der Waals surface area contributed by atoms with Crippen LogP contribution in [0.15, 0.2) is 60.7 Å². The van der Waals surface area contributed by atoms with Gasteiger partial charge in [0.2, 0.25) is 0 Å². The Labute approximate surface area is 170 Å².